The predicted molar refractivity (Wildman–Crippen MR) is 55.4 cm³/mol. The standard InChI is InChI=1S/C12H10O3/c1-8(13)12(15)7-6-9-4-2-3-5-10(9)11(12)14/h2-7,15H,1H3. The molecule has 0 saturated heterocycles. The number of Topliss-reactive ketones (excluding diaryl/α,β-unsaturated/α-hetero) is 2. The summed E-state index contributed by atoms with van der Waals surface area (Å²) in [5, 5.41) is 9.88. The molecule has 0 aromatic heterocycles. The van der Waals surface area contributed by atoms with Gasteiger partial charge in [0.1, 0.15) is 0 Å². The quantitative estimate of drug-likeness (QED) is 0.696. The van der Waals surface area contributed by atoms with Gasteiger partial charge in [0.2, 0.25) is 11.4 Å². The zero-order chi connectivity index (χ0) is 11.1. The number of aliphatic hydroxyl groups is 1. The fourth-order valence-electron chi connectivity index (χ4n) is 1.62. The predicted octanol–water partition coefficient (Wildman–Crippen LogP) is 1.22. The maximum absolute atomic E-state index is 11.9. The van der Waals surface area contributed by atoms with Gasteiger partial charge < -0.3 is 5.11 Å². The number of hydrogen-bond donors (Lipinski definition) is 1. The summed E-state index contributed by atoms with van der Waals surface area (Å²) in [6.07, 6.45) is 2.85. The van der Waals surface area contributed by atoms with E-state index < -0.39 is 17.2 Å². The van der Waals surface area contributed by atoms with E-state index in [0.29, 0.717) is 5.56 Å². The smallest absolute Gasteiger partial charge is 0.206 e. The molecule has 1 N–H and O–H groups in total. The summed E-state index contributed by atoms with van der Waals surface area (Å²) in [7, 11) is 0. The van der Waals surface area contributed by atoms with Crippen LogP contribution in [-0.4, -0.2) is 22.3 Å². The summed E-state index contributed by atoms with van der Waals surface area (Å²) in [5.74, 6) is -1.11. The van der Waals surface area contributed by atoms with Crippen molar-refractivity contribution >= 4 is 17.6 Å². The van der Waals surface area contributed by atoms with Crippen molar-refractivity contribution in [2.45, 2.75) is 12.5 Å². The molecule has 0 heterocycles. The Balaban J connectivity index is 2.60. The van der Waals surface area contributed by atoms with Crippen molar-refractivity contribution in [3.63, 3.8) is 0 Å². The lowest BCUT2D eigenvalue weighted by Gasteiger charge is -2.24. The molecule has 1 atom stereocenters. The lowest BCUT2D eigenvalue weighted by Crippen LogP contribution is -2.45. The minimum atomic E-state index is -1.98. The van der Waals surface area contributed by atoms with Gasteiger partial charge in [0.25, 0.3) is 0 Å². The van der Waals surface area contributed by atoms with Gasteiger partial charge in [-0.3, -0.25) is 9.59 Å². The van der Waals surface area contributed by atoms with E-state index in [2.05, 4.69) is 0 Å². The first-order valence-corrected chi connectivity index (χ1v) is 4.62. The molecule has 2 rings (SSSR count). The SMILES string of the molecule is CC(=O)C1(O)C=Cc2ccccc2C1=O. The minimum Gasteiger partial charge on any atom is -0.371 e. The highest BCUT2D eigenvalue weighted by Crippen LogP contribution is 2.26. The van der Waals surface area contributed by atoms with Crippen LogP contribution < -0.4 is 0 Å². The van der Waals surface area contributed by atoms with Crippen LogP contribution in [-0.2, 0) is 4.79 Å². The summed E-state index contributed by atoms with van der Waals surface area (Å²) in [6.45, 7) is 1.20. The molecule has 3 nitrogen and oxygen atoms in total. The van der Waals surface area contributed by atoms with E-state index in [1.807, 2.05) is 0 Å². The van der Waals surface area contributed by atoms with E-state index in [-0.39, 0.29) is 0 Å². The Labute approximate surface area is 87.0 Å². The van der Waals surface area contributed by atoms with Gasteiger partial charge in [-0.15, -0.1) is 0 Å². The van der Waals surface area contributed by atoms with Gasteiger partial charge in [-0.2, -0.15) is 0 Å². The lowest BCUT2D eigenvalue weighted by molar-refractivity contribution is -0.127. The lowest BCUT2D eigenvalue weighted by atomic mass is 9.82. The van der Waals surface area contributed by atoms with Crippen LogP contribution in [0.2, 0.25) is 0 Å². The van der Waals surface area contributed by atoms with E-state index in [0.717, 1.165) is 5.56 Å². The molecule has 0 saturated carbocycles. The fourth-order valence-corrected chi connectivity index (χ4v) is 1.62. The van der Waals surface area contributed by atoms with Crippen LogP contribution in [0, 0.1) is 0 Å². The highest BCUT2D eigenvalue weighted by molar-refractivity contribution is 6.21. The highest BCUT2D eigenvalue weighted by atomic mass is 16.3. The fraction of sp³-hybridized carbons (Fsp3) is 0.167. The molecular formula is C12H10O3. The Kier molecular flexibility index (Phi) is 2.05. The van der Waals surface area contributed by atoms with E-state index in [1.165, 1.54) is 13.0 Å². The van der Waals surface area contributed by atoms with E-state index in [9.17, 15) is 14.7 Å². The van der Waals surface area contributed by atoms with E-state index in [1.54, 1.807) is 30.3 Å². The van der Waals surface area contributed by atoms with Crippen LogP contribution in [0.25, 0.3) is 6.08 Å². The van der Waals surface area contributed by atoms with Crippen molar-refractivity contribution in [2.75, 3.05) is 0 Å². The summed E-state index contributed by atoms with van der Waals surface area (Å²) >= 11 is 0. The number of carbonyl (C=O) groups excluding carboxylic acids is 2. The van der Waals surface area contributed by atoms with E-state index in [4.69, 9.17) is 0 Å². The van der Waals surface area contributed by atoms with Gasteiger partial charge in [-0.05, 0) is 18.6 Å². The Morgan fingerprint density at radius 1 is 1.33 bits per heavy atom. The van der Waals surface area contributed by atoms with Crippen LogP contribution in [0.15, 0.2) is 30.3 Å². The second-order valence-electron chi connectivity index (χ2n) is 3.57. The molecule has 0 amide bonds. The molecule has 1 aliphatic carbocycles. The van der Waals surface area contributed by atoms with Gasteiger partial charge in [0.05, 0.1) is 0 Å². The molecule has 0 fully saturated rings. The van der Waals surface area contributed by atoms with Gasteiger partial charge in [0, 0.05) is 5.56 Å². The summed E-state index contributed by atoms with van der Waals surface area (Å²) < 4.78 is 0. The average molecular weight is 202 g/mol. The van der Waals surface area contributed by atoms with Crippen molar-refractivity contribution in [2.24, 2.45) is 0 Å². The summed E-state index contributed by atoms with van der Waals surface area (Å²) in [6, 6.07) is 6.88. The Bertz CT molecular complexity index is 474. The molecule has 0 radical (unpaired) electrons. The third-order valence-corrected chi connectivity index (χ3v) is 2.59. The first kappa shape index (κ1) is 9.80. The number of rotatable bonds is 1. The van der Waals surface area contributed by atoms with Crippen molar-refractivity contribution in [1.82, 2.24) is 0 Å². The summed E-state index contributed by atoms with van der Waals surface area (Å²) in [5.41, 5.74) is -0.861. The second-order valence-corrected chi connectivity index (χ2v) is 3.57. The molecule has 1 aliphatic rings. The van der Waals surface area contributed by atoms with Crippen molar-refractivity contribution in [3.8, 4) is 0 Å². The topological polar surface area (TPSA) is 54.4 Å². The van der Waals surface area contributed by atoms with Crippen LogP contribution in [0.1, 0.15) is 22.8 Å². The second kappa shape index (κ2) is 3.14. The van der Waals surface area contributed by atoms with Gasteiger partial charge in [-0.1, -0.05) is 30.3 Å². The van der Waals surface area contributed by atoms with Gasteiger partial charge >= 0.3 is 0 Å². The minimum absolute atomic E-state index is 0.387. The molecule has 0 spiro atoms. The number of hydrogen-bond acceptors (Lipinski definition) is 3. The maximum Gasteiger partial charge on any atom is 0.206 e. The number of fused-ring (bicyclic) bond motifs is 1. The molecule has 0 bridgehead atoms. The molecule has 1 aromatic rings. The highest BCUT2D eigenvalue weighted by Gasteiger charge is 2.41. The van der Waals surface area contributed by atoms with Crippen LogP contribution in [0.3, 0.4) is 0 Å². The molecule has 3 heteroatoms. The molecule has 15 heavy (non-hydrogen) atoms. The third-order valence-electron chi connectivity index (χ3n) is 2.59. The van der Waals surface area contributed by atoms with E-state index >= 15 is 0 Å². The molecule has 1 aromatic carbocycles. The van der Waals surface area contributed by atoms with Crippen LogP contribution in [0.5, 0.6) is 0 Å². The monoisotopic (exact) mass is 202 g/mol. The molecule has 1 unspecified atom stereocenters. The molecule has 0 aliphatic heterocycles. The number of carbonyl (C=O) groups is 2. The molecule has 76 valence electrons. The first-order chi connectivity index (χ1) is 7.05. The number of ketones is 2. The third kappa shape index (κ3) is 1.32. The number of benzene rings is 1. The Hall–Kier alpha value is -1.74. The van der Waals surface area contributed by atoms with Gasteiger partial charge in [0.15, 0.2) is 5.78 Å². The van der Waals surface area contributed by atoms with Gasteiger partial charge in [-0.25, -0.2) is 0 Å². The first-order valence-electron chi connectivity index (χ1n) is 4.62. The van der Waals surface area contributed by atoms with Crippen LogP contribution >= 0.6 is 0 Å². The molecular weight excluding hydrogens is 192 g/mol. The largest absolute Gasteiger partial charge is 0.371 e. The zero-order valence-corrected chi connectivity index (χ0v) is 8.23. The normalized spacial score (nSPS) is 23.7. The Morgan fingerprint density at radius 3 is 2.67 bits per heavy atom. The van der Waals surface area contributed by atoms with Crippen molar-refractivity contribution in [3.05, 3.63) is 41.5 Å². The summed E-state index contributed by atoms with van der Waals surface area (Å²) in [4.78, 5) is 23.1. The maximum atomic E-state index is 11.9. The average Bonchev–Trinajstić information content (AvgIpc) is 2.24. The van der Waals surface area contributed by atoms with Crippen molar-refractivity contribution < 1.29 is 14.7 Å². The van der Waals surface area contributed by atoms with Crippen molar-refractivity contribution in [1.29, 1.82) is 0 Å². The Morgan fingerprint density at radius 2 is 2.00 bits per heavy atom. The zero-order valence-electron chi connectivity index (χ0n) is 8.23. The van der Waals surface area contributed by atoms with Crippen LogP contribution in [0.4, 0.5) is 0 Å².